The minimum Gasteiger partial charge on any atom is -0.396 e. The van der Waals surface area contributed by atoms with Gasteiger partial charge in [-0.25, -0.2) is 4.39 Å². The van der Waals surface area contributed by atoms with Crippen LogP contribution in [0.25, 0.3) is 0 Å². The summed E-state index contributed by atoms with van der Waals surface area (Å²) in [6, 6.07) is 2.61. The molecule has 1 atom stereocenters. The van der Waals surface area contributed by atoms with Crippen molar-refractivity contribution in [2.75, 3.05) is 18.9 Å². The minimum atomic E-state index is -0.536. The van der Waals surface area contributed by atoms with Crippen LogP contribution in [0.1, 0.15) is 30.1 Å². The van der Waals surface area contributed by atoms with Crippen LogP contribution < -0.4 is 11.1 Å². The number of ether oxygens (including phenoxy) is 1. The number of amides is 1. The smallest absolute Gasteiger partial charge is 0.252 e. The van der Waals surface area contributed by atoms with E-state index in [-0.39, 0.29) is 17.6 Å². The molecule has 0 bridgehead atoms. The number of carbonyl (C=O) groups is 1. The van der Waals surface area contributed by atoms with Crippen LogP contribution in [0, 0.1) is 11.7 Å². The lowest BCUT2D eigenvalue weighted by molar-refractivity contribution is 0.0538. The van der Waals surface area contributed by atoms with Crippen LogP contribution in [0.3, 0.4) is 0 Å². The normalized spacial score (nSPS) is 17.8. The fourth-order valence-electron chi connectivity index (χ4n) is 2.36. The molecule has 1 fully saturated rings. The number of nitrogen functional groups attached to an aromatic ring is 1. The number of hydrogen-bond acceptors (Lipinski definition) is 3. The van der Waals surface area contributed by atoms with Crippen LogP contribution in [0.4, 0.5) is 10.1 Å². The number of anilines is 1. The van der Waals surface area contributed by atoms with Crippen molar-refractivity contribution in [1.82, 2.24) is 5.32 Å². The standard InChI is InChI=1S/C14H18BrFN2O2/c1-8(9-2-4-20-5-3-9)18-14(19)10-6-13(17)12(16)7-11(10)15/h6-9H,2-5,17H2,1H3,(H,18,19). The zero-order valence-corrected chi connectivity index (χ0v) is 12.9. The molecular weight excluding hydrogens is 327 g/mol. The Hall–Kier alpha value is -1.14. The largest absolute Gasteiger partial charge is 0.396 e. The summed E-state index contributed by atoms with van der Waals surface area (Å²) in [6.07, 6.45) is 1.88. The second-order valence-corrected chi connectivity index (χ2v) is 5.92. The molecule has 1 aromatic carbocycles. The van der Waals surface area contributed by atoms with E-state index in [4.69, 9.17) is 10.5 Å². The van der Waals surface area contributed by atoms with E-state index in [9.17, 15) is 9.18 Å². The fraction of sp³-hybridized carbons (Fsp3) is 0.500. The summed E-state index contributed by atoms with van der Waals surface area (Å²) in [5.41, 5.74) is 5.83. The average molecular weight is 345 g/mol. The maximum atomic E-state index is 13.3. The van der Waals surface area contributed by atoms with Gasteiger partial charge in [-0.3, -0.25) is 4.79 Å². The predicted molar refractivity (Wildman–Crippen MR) is 79.0 cm³/mol. The molecule has 3 N–H and O–H groups in total. The van der Waals surface area contributed by atoms with Gasteiger partial charge >= 0.3 is 0 Å². The monoisotopic (exact) mass is 344 g/mol. The van der Waals surface area contributed by atoms with Crippen LogP contribution in [0.5, 0.6) is 0 Å². The van der Waals surface area contributed by atoms with Crippen LogP contribution >= 0.6 is 15.9 Å². The zero-order chi connectivity index (χ0) is 14.7. The van der Waals surface area contributed by atoms with Gasteiger partial charge in [0.2, 0.25) is 0 Å². The summed E-state index contributed by atoms with van der Waals surface area (Å²) in [5, 5.41) is 2.95. The first-order chi connectivity index (χ1) is 9.49. The Morgan fingerprint density at radius 2 is 2.15 bits per heavy atom. The first kappa shape index (κ1) is 15.3. The van der Waals surface area contributed by atoms with Crippen molar-refractivity contribution in [3.8, 4) is 0 Å². The molecule has 0 aliphatic carbocycles. The molecule has 0 spiro atoms. The zero-order valence-electron chi connectivity index (χ0n) is 11.3. The van der Waals surface area contributed by atoms with Gasteiger partial charge in [0.1, 0.15) is 5.82 Å². The van der Waals surface area contributed by atoms with Gasteiger partial charge in [-0.05, 0) is 53.7 Å². The topological polar surface area (TPSA) is 64.4 Å². The highest BCUT2D eigenvalue weighted by Crippen LogP contribution is 2.24. The van der Waals surface area contributed by atoms with E-state index in [1.807, 2.05) is 6.92 Å². The number of benzene rings is 1. The van der Waals surface area contributed by atoms with Gasteiger partial charge in [0, 0.05) is 23.7 Å². The van der Waals surface area contributed by atoms with E-state index in [2.05, 4.69) is 21.2 Å². The van der Waals surface area contributed by atoms with Gasteiger partial charge in [0.25, 0.3) is 5.91 Å². The molecule has 1 unspecified atom stereocenters. The highest BCUT2D eigenvalue weighted by atomic mass is 79.9. The molecule has 1 aromatic rings. The SMILES string of the molecule is CC(NC(=O)c1cc(N)c(F)cc1Br)C1CCOCC1. The van der Waals surface area contributed by atoms with Gasteiger partial charge in [0.15, 0.2) is 0 Å². The van der Waals surface area contributed by atoms with E-state index in [1.54, 1.807) is 0 Å². The van der Waals surface area contributed by atoms with E-state index in [1.165, 1.54) is 12.1 Å². The lowest BCUT2D eigenvalue weighted by Crippen LogP contribution is -2.40. The quantitative estimate of drug-likeness (QED) is 0.828. The van der Waals surface area contributed by atoms with Crippen molar-refractivity contribution in [3.05, 3.63) is 28.0 Å². The first-order valence-electron chi connectivity index (χ1n) is 6.62. The van der Waals surface area contributed by atoms with E-state index < -0.39 is 5.82 Å². The van der Waals surface area contributed by atoms with Crippen LogP contribution in [-0.4, -0.2) is 25.2 Å². The molecule has 0 saturated carbocycles. The fourth-order valence-corrected chi connectivity index (χ4v) is 2.85. The molecule has 6 heteroatoms. The summed E-state index contributed by atoms with van der Waals surface area (Å²) in [6.45, 7) is 3.45. The number of carbonyl (C=O) groups excluding carboxylic acids is 1. The third-order valence-electron chi connectivity index (χ3n) is 3.66. The lowest BCUT2D eigenvalue weighted by atomic mass is 9.93. The summed E-state index contributed by atoms with van der Waals surface area (Å²) < 4.78 is 19.0. The summed E-state index contributed by atoms with van der Waals surface area (Å²) in [7, 11) is 0. The van der Waals surface area contributed by atoms with Gasteiger partial charge < -0.3 is 15.8 Å². The molecule has 1 saturated heterocycles. The van der Waals surface area contributed by atoms with E-state index >= 15 is 0 Å². The van der Waals surface area contributed by atoms with E-state index in [0.29, 0.717) is 16.0 Å². The van der Waals surface area contributed by atoms with E-state index in [0.717, 1.165) is 26.1 Å². The van der Waals surface area contributed by atoms with Crippen LogP contribution in [0.2, 0.25) is 0 Å². The molecule has 1 aliphatic heterocycles. The second kappa shape index (κ2) is 6.54. The number of nitrogens with two attached hydrogens (primary N) is 1. The van der Waals surface area contributed by atoms with Gasteiger partial charge in [-0.2, -0.15) is 0 Å². The Morgan fingerprint density at radius 3 is 2.80 bits per heavy atom. The number of halogens is 2. The van der Waals surface area contributed by atoms with Crippen LogP contribution in [0.15, 0.2) is 16.6 Å². The van der Waals surface area contributed by atoms with Crippen molar-refractivity contribution in [3.63, 3.8) is 0 Å². The maximum Gasteiger partial charge on any atom is 0.252 e. The highest BCUT2D eigenvalue weighted by molar-refractivity contribution is 9.10. The van der Waals surface area contributed by atoms with Crippen molar-refractivity contribution < 1.29 is 13.9 Å². The number of rotatable bonds is 3. The Morgan fingerprint density at radius 1 is 1.50 bits per heavy atom. The maximum absolute atomic E-state index is 13.3. The summed E-state index contributed by atoms with van der Waals surface area (Å²) >= 11 is 3.19. The molecule has 4 nitrogen and oxygen atoms in total. The van der Waals surface area contributed by atoms with Crippen molar-refractivity contribution in [2.24, 2.45) is 5.92 Å². The summed E-state index contributed by atoms with van der Waals surface area (Å²) in [5.74, 6) is -0.377. The third-order valence-corrected chi connectivity index (χ3v) is 4.32. The second-order valence-electron chi connectivity index (χ2n) is 5.07. The third kappa shape index (κ3) is 3.49. The Kier molecular flexibility index (Phi) is 4.99. The average Bonchev–Trinajstić information content (AvgIpc) is 2.43. The van der Waals surface area contributed by atoms with Gasteiger partial charge in [-0.15, -0.1) is 0 Å². The number of nitrogens with one attached hydrogen (secondary N) is 1. The van der Waals surface area contributed by atoms with Crippen molar-refractivity contribution in [2.45, 2.75) is 25.8 Å². The van der Waals surface area contributed by atoms with Gasteiger partial charge in [0.05, 0.1) is 11.3 Å². The highest BCUT2D eigenvalue weighted by Gasteiger charge is 2.23. The molecule has 110 valence electrons. The van der Waals surface area contributed by atoms with Crippen molar-refractivity contribution >= 4 is 27.5 Å². The molecule has 0 radical (unpaired) electrons. The molecule has 2 rings (SSSR count). The Labute approximate surface area is 126 Å². The minimum absolute atomic E-state index is 0.0305. The molecule has 1 heterocycles. The Bertz CT molecular complexity index is 504. The van der Waals surface area contributed by atoms with Crippen molar-refractivity contribution in [1.29, 1.82) is 0 Å². The van der Waals surface area contributed by atoms with Crippen LogP contribution in [-0.2, 0) is 4.74 Å². The lowest BCUT2D eigenvalue weighted by Gasteiger charge is -2.28. The Balaban J connectivity index is 2.06. The molecule has 0 aromatic heterocycles. The predicted octanol–water partition coefficient (Wildman–Crippen LogP) is 2.72. The number of hydrogen-bond donors (Lipinski definition) is 2. The molecular formula is C14H18BrFN2O2. The van der Waals surface area contributed by atoms with Gasteiger partial charge in [-0.1, -0.05) is 0 Å². The summed E-state index contributed by atoms with van der Waals surface area (Å²) in [4.78, 5) is 12.2. The molecule has 1 aliphatic rings. The first-order valence-corrected chi connectivity index (χ1v) is 7.41. The molecule has 20 heavy (non-hydrogen) atoms. The molecule has 1 amide bonds.